The van der Waals surface area contributed by atoms with Crippen molar-refractivity contribution in [3.05, 3.63) is 84.1 Å². The molecule has 23 heavy (non-hydrogen) atoms. The van der Waals surface area contributed by atoms with Gasteiger partial charge >= 0.3 is 0 Å². The molecule has 1 aliphatic heterocycles. The maximum atomic E-state index is 4.70. The van der Waals surface area contributed by atoms with Crippen molar-refractivity contribution in [1.29, 1.82) is 0 Å². The number of rotatable bonds is 1. The average molecular weight is 299 g/mol. The van der Waals surface area contributed by atoms with Crippen LogP contribution in [0.25, 0.3) is 10.9 Å². The Morgan fingerprint density at radius 2 is 2.00 bits per heavy atom. The van der Waals surface area contributed by atoms with E-state index in [1.54, 1.807) is 0 Å². The van der Waals surface area contributed by atoms with Crippen LogP contribution in [0.4, 0.5) is 5.82 Å². The van der Waals surface area contributed by atoms with E-state index in [9.17, 15) is 0 Å². The highest BCUT2D eigenvalue weighted by Crippen LogP contribution is 2.20. The zero-order chi connectivity index (χ0) is 15.5. The second-order valence-corrected chi connectivity index (χ2v) is 5.56. The number of nitrogens with zero attached hydrogens (tertiary/aromatic N) is 2. The molecule has 2 aromatic rings. The largest absolute Gasteiger partial charge is 0.343 e. The van der Waals surface area contributed by atoms with Crippen molar-refractivity contribution >= 4 is 22.6 Å². The number of benzene rings is 1. The predicted octanol–water partition coefficient (Wildman–Crippen LogP) is 4.58. The number of pyridine rings is 1. The van der Waals surface area contributed by atoms with Crippen LogP contribution in [0.1, 0.15) is 12.8 Å². The molecule has 3 heteroatoms. The molecule has 2 heterocycles. The van der Waals surface area contributed by atoms with E-state index >= 15 is 0 Å². The number of nitrogens with one attached hydrogen (secondary N) is 1. The number of aliphatic imine (C=N–C) groups is 1. The van der Waals surface area contributed by atoms with Crippen molar-refractivity contribution in [3.63, 3.8) is 0 Å². The lowest BCUT2D eigenvalue weighted by atomic mass is 10.1. The third-order valence-corrected chi connectivity index (χ3v) is 3.90. The summed E-state index contributed by atoms with van der Waals surface area (Å²) in [6.45, 7) is 0. The van der Waals surface area contributed by atoms with Gasteiger partial charge in [0.2, 0.25) is 0 Å². The van der Waals surface area contributed by atoms with Crippen molar-refractivity contribution in [2.45, 2.75) is 12.8 Å². The fourth-order valence-corrected chi connectivity index (χ4v) is 2.75. The lowest BCUT2D eigenvalue weighted by molar-refractivity contribution is 1.10. The highest BCUT2D eigenvalue weighted by molar-refractivity contribution is 5.89. The Hall–Kier alpha value is -2.94. The molecule has 3 nitrogen and oxygen atoms in total. The van der Waals surface area contributed by atoms with E-state index in [2.05, 4.69) is 58.9 Å². The van der Waals surface area contributed by atoms with Crippen molar-refractivity contribution in [3.8, 4) is 0 Å². The molecule has 0 saturated heterocycles. The highest BCUT2D eigenvalue weighted by Gasteiger charge is 2.10. The first-order valence-corrected chi connectivity index (χ1v) is 7.83. The second-order valence-electron chi connectivity index (χ2n) is 5.56. The molecule has 0 saturated carbocycles. The first-order valence-electron chi connectivity index (χ1n) is 7.83. The Bertz CT molecular complexity index is 898. The number of amidine groups is 1. The maximum absolute atomic E-state index is 4.70. The topological polar surface area (TPSA) is 37.3 Å². The molecule has 0 bridgehead atoms. The zero-order valence-electron chi connectivity index (χ0n) is 12.7. The van der Waals surface area contributed by atoms with Gasteiger partial charge in [0.1, 0.15) is 5.84 Å². The summed E-state index contributed by atoms with van der Waals surface area (Å²) in [6, 6.07) is 12.1. The van der Waals surface area contributed by atoms with E-state index in [0.717, 1.165) is 41.1 Å². The van der Waals surface area contributed by atoms with Crippen LogP contribution in [0.15, 0.2) is 89.1 Å². The third-order valence-electron chi connectivity index (χ3n) is 3.90. The molecule has 1 aliphatic carbocycles. The minimum Gasteiger partial charge on any atom is -0.343 e. The van der Waals surface area contributed by atoms with Gasteiger partial charge in [-0.3, -0.25) is 0 Å². The molecule has 0 atom stereocenters. The van der Waals surface area contributed by atoms with Gasteiger partial charge in [0.25, 0.3) is 0 Å². The third kappa shape index (κ3) is 2.99. The first-order chi connectivity index (χ1) is 11.4. The standard InChI is InChI=1S/C20H17N3/c1-2-7-15-9-6-12-19(21-17(15)10-3-1)23-20-14-13-16-8-4-5-11-18(16)22-20/h1-2,4-11,13-14H,3,12H2,(H,21,22,23). The summed E-state index contributed by atoms with van der Waals surface area (Å²) in [5.74, 6) is 1.65. The quantitative estimate of drug-likeness (QED) is 0.836. The van der Waals surface area contributed by atoms with Gasteiger partial charge < -0.3 is 5.32 Å². The zero-order valence-corrected chi connectivity index (χ0v) is 12.7. The van der Waals surface area contributed by atoms with Gasteiger partial charge in [0.05, 0.1) is 5.52 Å². The van der Waals surface area contributed by atoms with Crippen molar-refractivity contribution in [2.24, 2.45) is 4.99 Å². The summed E-state index contributed by atoms with van der Waals surface area (Å²) >= 11 is 0. The van der Waals surface area contributed by atoms with Crippen LogP contribution in [0.3, 0.4) is 0 Å². The van der Waals surface area contributed by atoms with Crippen LogP contribution < -0.4 is 5.32 Å². The molecule has 0 spiro atoms. The molecular formula is C20H17N3. The Morgan fingerprint density at radius 3 is 3.00 bits per heavy atom. The molecule has 2 aliphatic rings. The minimum absolute atomic E-state index is 0.736. The number of allylic oxidation sites excluding steroid dienone is 5. The fraction of sp³-hybridized carbons (Fsp3) is 0.100. The molecule has 0 amide bonds. The number of para-hydroxylation sites is 1. The SMILES string of the molecule is C1=CCC=C2NC(=Nc3ccc4ccccc4n3)CC=CC2=C1. The van der Waals surface area contributed by atoms with Crippen molar-refractivity contribution < 1.29 is 0 Å². The Kier molecular flexibility index (Phi) is 3.60. The molecule has 0 fully saturated rings. The summed E-state index contributed by atoms with van der Waals surface area (Å²) in [7, 11) is 0. The van der Waals surface area contributed by atoms with Crippen LogP contribution in [-0.2, 0) is 0 Å². The summed E-state index contributed by atoms with van der Waals surface area (Å²) in [4.78, 5) is 9.33. The predicted molar refractivity (Wildman–Crippen MR) is 95.7 cm³/mol. The van der Waals surface area contributed by atoms with Crippen LogP contribution in [0.5, 0.6) is 0 Å². The van der Waals surface area contributed by atoms with E-state index < -0.39 is 0 Å². The lowest BCUT2D eigenvalue weighted by Gasteiger charge is -2.10. The fourth-order valence-electron chi connectivity index (χ4n) is 2.75. The minimum atomic E-state index is 0.736. The van der Waals surface area contributed by atoms with E-state index in [-0.39, 0.29) is 0 Å². The van der Waals surface area contributed by atoms with Crippen LogP contribution in [-0.4, -0.2) is 10.8 Å². The van der Waals surface area contributed by atoms with Crippen LogP contribution in [0, 0.1) is 0 Å². The Labute approximate surface area is 135 Å². The normalized spacial score (nSPS) is 18.7. The first kappa shape index (κ1) is 13.7. The maximum Gasteiger partial charge on any atom is 0.154 e. The summed E-state index contributed by atoms with van der Waals surface area (Å²) in [5, 5.41) is 4.59. The van der Waals surface area contributed by atoms with Gasteiger partial charge in [0.15, 0.2) is 5.82 Å². The molecule has 4 rings (SSSR count). The molecule has 0 radical (unpaired) electrons. The number of aromatic nitrogens is 1. The van der Waals surface area contributed by atoms with Gasteiger partial charge in [-0.2, -0.15) is 0 Å². The Morgan fingerprint density at radius 1 is 1.04 bits per heavy atom. The van der Waals surface area contributed by atoms with Gasteiger partial charge in [-0.25, -0.2) is 9.98 Å². The van der Waals surface area contributed by atoms with Crippen molar-refractivity contribution in [1.82, 2.24) is 10.3 Å². The smallest absolute Gasteiger partial charge is 0.154 e. The second kappa shape index (κ2) is 6.05. The van der Waals surface area contributed by atoms with Crippen LogP contribution in [0.2, 0.25) is 0 Å². The van der Waals surface area contributed by atoms with Gasteiger partial charge in [0, 0.05) is 17.5 Å². The number of fused-ring (bicyclic) bond motifs is 2. The molecule has 1 aromatic carbocycles. The molecule has 0 unspecified atom stereocenters. The van der Waals surface area contributed by atoms with Crippen molar-refractivity contribution in [2.75, 3.05) is 0 Å². The van der Waals surface area contributed by atoms with E-state index in [1.165, 1.54) is 5.57 Å². The van der Waals surface area contributed by atoms with Crippen LogP contribution >= 0.6 is 0 Å². The summed E-state index contributed by atoms with van der Waals surface area (Å²) in [6.07, 6.45) is 14.5. The molecule has 1 N–H and O–H groups in total. The molecule has 1 aromatic heterocycles. The Balaban J connectivity index is 1.67. The van der Waals surface area contributed by atoms with Gasteiger partial charge in [-0.15, -0.1) is 0 Å². The number of hydrogen-bond donors (Lipinski definition) is 1. The van der Waals surface area contributed by atoms with E-state index in [0.29, 0.717) is 0 Å². The van der Waals surface area contributed by atoms with Gasteiger partial charge in [-0.1, -0.05) is 54.7 Å². The van der Waals surface area contributed by atoms with E-state index in [4.69, 9.17) is 4.99 Å². The highest BCUT2D eigenvalue weighted by atomic mass is 15.0. The molecule has 112 valence electrons. The molecular weight excluding hydrogens is 282 g/mol. The van der Waals surface area contributed by atoms with E-state index in [1.807, 2.05) is 24.3 Å². The summed E-state index contributed by atoms with van der Waals surface area (Å²) < 4.78 is 0. The lowest BCUT2D eigenvalue weighted by Crippen LogP contribution is -2.21. The monoisotopic (exact) mass is 299 g/mol. The average Bonchev–Trinajstić information content (AvgIpc) is 2.90. The van der Waals surface area contributed by atoms with Gasteiger partial charge in [-0.05, 0) is 30.2 Å². The number of hydrogen-bond acceptors (Lipinski definition) is 2. The summed E-state index contributed by atoms with van der Waals surface area (Å²) in [5.41, 5.74) is 3.27.